The van der Waals surface area contributed by atoms with E-state index in [0.717, 1.165) is 0 Å². The lowest BCUT2D eigenvalue weighted by molar-refractivity contribution is 1.20. The summed E-state index contributed by atoms with van der Waals surface area (Å²) in [7, 11) is 0. The first-order chi connectivity index (χ1) is 21.3. The maximum Gasteiger partial charge on any atom is 0.0556 e. The van der Waals surface area contributed by atoms with Crippen LogP contribution in [-0.2, 0) is 0 Å². The van der Waals surface area contributed by atoms with Gasteiger partial charge in [0.2, 0.25) is 0 Å². The van der Waals surface area contributed by atoms with Crippen molar-refractivity contribution in [2.75, 3.05) is 0 Å². The van der Waals surface area contributed by atoms with Crippen LogP contribution < -0.4 is 0 Å². The van der Waals surface area contributed by atoms with E-state index >= 15 is 0 Å². The van der Waals surface area contributed by atoms with Gasteiger partial charge in [-0.2, -0.15) is 0 Å². The first-order valence-corrected chi connectivity index (χ1v) is 16.3. The molecule has 0 fully saturated rings. The number of para-hydroxylation sites is 1. The van der Waals surface area contributed by atoms with E-state index in [0.29, 0.717) is 0 Å². The molecular formula is C40H21NS2. The molecule has 7 aromatic carbocycles. The molecule has 0 bridgehead atoms. The van der Waals surface area contributed by atoms with Crippen molar-refractivity contribution in [1.29, 1.82) is 0 Å². The minimum Gasteiger partial charge on any atom is -0.309 e. The fourth-order valence-corrected chi connectivity index (χ4v) is 10.3. The molecule has 0 saturated carbocycles. The molecule has 0 atom stereocenters. The Labute approximate surface area is 254 Å². The van der Waals surface area contributed by atoms with Crippen LogP contribution in [0.1, 0.15) is 0 Å². The third-order valence-electron chi connectivity index (χ3n) is 9.55. The second-order valence-corrected chi connectivity index (χ2v) is 13.7. The molecule has 198 valence electrons. The van der Waals surface area contributed by atoms with E-state index in [-0.39, 0.29) is 0 Å². The highest BCUT2D eigenvalue weighted by Gasteiger charge is 2.27. The summed E-state index contributed by atoms with van der Waals surface area (Å²) in [6, 6.07) is 47.6. The van der Waals surface area contributed by atoms with E-state index in [1.165, 1.54) is 101 Å². The molecule has 0 spiro atoms. The average Bonchev–Trinajstić information content (AvgIpc) is 3.80. The quantitative estimate of drug-likeness (QED) is 0.182. The molecule has 0 saturated heterocycles. The van der Waals surface area contributed by atoms with Gasteiger partial charge in [0.05, 0.1) is 16.7 Å². The summed E-state index contributed by atoms with van der Waals surface area (Å²) in [4.78, 5) is 0. The second-order valence-electron chi connectivity index (χ2n) is 11.6. The predicted molar refractivity (Wildman–Crippen MR) is 188 cm³/mol. The summed E-state index contributed by atoms with van der Waals surface area (Å²) in [6.07, 6.45) is 0. The van der Waals surface area contributed by atoms with Crippen molar-refractivity contribution < 1.29 is 0 Å². The molecule has 3 aromatic heterocycles. The van der Waals surface area contributed by atoms with Crippen molar-refractivity contribution in [2.45, 2.75) is 0 Å². The maximum atomic E-state index is 2.51. The SMILES string of the molecule is c1ccc2c(c1)sc1c3c(ccc12)-c1cccc2c(-n4c5ccccc5c5c6sc7ccccc7c6ccc54)ccc-3c12. The summed E-state index contributed by atoms with van der Waals surface area (Å²) in [6.45, 7) is 0. The molecule has 1 aliphatic carbocycles. The normalized spacial score (nSPS) is 12.7. The number of fused-ring (bicyclic) bond motifs is 14. The zero-order valence-corrected chi connectivity index (χ0v) is 24.5. The molecule has 0 N–H and O–H groups in total. The lowest BCUT2D eigenvalue weighted by Crippen LogP contribution is -1.95. The molecule has 3 heterocycles. The van der Waals surface area contributed by atoms with E-state index in [1.807, 2.05) is 22.7 Å². The van der Waals surface area contributed by atoms with Crippen LogP contribution in [0.15, 0.2) is 127 Å². The van der Waals surface area contributed by atoms with Gasteiger partial charge in [-0.1, -0.05) is 97.1 Å². The standard InChI is InChI=1S/C40H21NS2/c1-4-13-31-29(10-1)38-33(21-18-27-23-9-3-6-15-35(23)43-40(27)38)41(31)32-20-19-30-36-24(11-7-12-28(32)36)25-16-17-26-22-8-2-5-14-34(22)42-39(26)37(25)30/h1-21H. The monoisotopic (exact) mass is 579 g/mol. The Morgan fingerprint density at radius 2 is 1.02 bits per heavy atom. The Bertz CT molecular complexity index is 2840. The zero-order valence-electron chi connectivity index (χ0n) is 22.9. The highest BCUT2D eigenvalue weighted by molar-refractivity contribution is 7.27. The van der Waals surface area contributed by atoms with Crippen LogP contribution in [0.3, 0.4) is 0 Å². The van der Waals surface area contributed by atoms with Gasteiger partial charge >= 0.3 is 0 Å². The van der Waals surface area contributed by atoms with Crippen molar-refractivity contribution in [2.24, 2.45) is 0 Å². The Balaban J connectivity index is 1.26. The fourth-order valence-electron chi connectivity index (χ4n) is 7.79. The van der Waals surface area contributed by atoms with E-state index in [9.17, 15) is 0 Å². The Kier molecular flexibility index (Phi) is 4.15. The Morgan fingerprint density at radius 3 is 1.86 bits per heavy atom. The summed E-state index contributed by atoms with van der Waals surface area (Å²) < 4.78 is 7.98. The molecule has 0 aliphatic heterocycles. The van der Waals surface area contributed by atoms with E-state index < -0.39 is 0 Å². The highest BCUT2D eigenvalue weighted by atomic mass is 32.1. The van der Waals surface area contributed by atoms with Gasteiger partial charge in [-0.3, -0.25) is 0 Å². The summed E-state index contributed by atoms with van der Waals surface area (Å²) in [5, 5.41) is 10.7. The molecule has 10 aromatic rings. The molecule has 1 aliphatic rings. The number of benzene rings is 7. The van der Waals surface area contributed by atoms with E-state index in [1.54, 1.807) is 0 Å². The molecule has 0 unspecified atom stereocenters. The molecule has 43 heavy (non-hydrogen) atoms. The number of hydrogen-bond acceptors (Lipinski definition) is 2. The highest BCUT2D eigenvalue weighted by Crippen LogP contribution is 2.54. The lowest BCUT2D eigenvalue weighted by atomic mass is 10.0. The molecule has 11 rings (SSSR count). The van der Waals surface area contributed by atoms with Crippen LogP contribution in [0.25, 0.3) is 101 Å². The Morgan fingerprint density at radius 1 is 0.372 bits per heavy atom. The van der Waals surface area contributed by atoms with Gasteiger partial charge in [-0.25, -0.2) is 0 Å². The number of aromatic nitrogens is 1. The van der Waals surface area contributed by atoms with Crippen LogP contribution in [0.4, 0.5) is 0 Å². The number of rotatable bonds is 1. The first kappa shape index (κ1) is 22.6. The van der Waals surface area contributed by atoms with Gasteiger partial charge in [0.25, 0.3) is 0 Å². The minimum absolute atomic E-state index is 1.24. The molecular weight excluding hydrogens is 559 g/mol. The van der Waals surface area contributed by atoms with Crippen molar-refractivity contribution in [3.05, 3.63) is 127 Å². The van der Waals surface area contributed by atoms with Crippen LogP contribution in [0.2, 0.25) is 0 Å². The summed E-state index contributed by atoms with van der Waals surface area (Å²) >= 11 is 3.84. The summed E-state index contributed by atoms with van der Waals surface area (Å²) in [5.41, 5.74) is 9.21. The largest absolute Gasteiger partial charge is 0.309 e. The smallest absolute Gasteiger partial charge is 0.0556 e. The van der Waals surface area contributed by atoms with E-state index in [2.05, 4.69) is 132 Å². The maximum absolute atomic E-state index is 2.51. The summed E-state index contributed by atoms with van der Waals surface area (Å²) in [5.74, 6) is 0. The predicted octanol–water partition coefficient (Wildman–Crippen LogP) is 12.3. The molecule has 0 radical (unpaired) electrons. The van der Waals surface area contributed by atoms with Crippen molar-refractivity contribution in [3.63, 3.8) is 0 Å². The van der Waals surface area contributed by atoms with E-state index in [4.69, 9.17) is 0 Å². The van der Waals surface area contributed by atoms with Crippen molar-refractivity contribution in [3.8, 4) is 27.9 Å². The lowest BCUT2D eigenvalue weighted by Gasteiger charge is -2.13. The molecule has 0 amide bonds. The fraction of sp³-hybridized carbons (Fsp3) is 0. The third-order valence-corrected chi connectivity index (χ3v) is 12.0. The number of thiophene rings is 2. The minimum atomic E-state index is 1.24. The van der Waals surface area contributed by atoms with Gasteiger partial charge in [0.1, 0.15) is 0 Å². The molecule has 3 heteroatoms. The first-order valence-electron chi connectivity index (χ1n) is 14.7. The topological polar surface area (TPSA) is 4.93 Å². The van der Waals surface area contributed by atoms with Crippen LogP contribution in [0, 0.1) is 0 Å². The zero-order chi connectivity index (χ0) is 27.8. The van der Waals surface area contributed by atoms with Gasteiger partial charge < -0.3 is 4.57 Å². The third kappa shape index (κ3) is 2.73. The average molecular weight is 580 g/mol. The number of nitrogens with zero attached hydrogens (tertiary/aromatic N) is 1. The van der Waals surface area contributed by atoms with Crippen molar-refractivity contribution in [1.82, 2.24) is 4.57 Å². The second kappa shape index (κ2) is 7.90. The number of hydrogen-bond donors (Lipinski definition) is 0. The van der Waals surface area contributed by atoms with Gasteiger partial charge in [0.15, 0.2) is 0 Å². The molecule has 1 nitrogen and oxygen atoms in total. The van der Waals surface area contributed by atoms with Gasteiger partial charge in [0, 0.05) is 62.1 Å². The van der Waals surface area contributed by atoms with Gasteiger partial charge in [-0.05, 0) is 52.4 Å². The van der Waals surface area contributed by atoms with Gasteiger partial charge in [-0.15, -0.1) is 22.7 Å². The van der Waals surface area contributed by atoms with Crippen LogP contribution in [-0.4, -0.2) is 4.57 Å². The Hall–Kier alpha value is -4.96. The van der Waals surface area contributed by atoms with Crippen LogP contribution in [0.5, 0.6) is 0 Å². The van der Waals surface area contributed by atoms with Crippen LogP contribution >= 0.6 is 22.7 Å². The van der Waals surface area contributed by atoms with Crippen molar-refractivity contribution >= 4 is 95.6 Å².